The quantitative estimate of drug-likeness (QED) is 0.818. The minimum absolute atomic E-state index is 0.378. The van der Waals surface area contributed by atoms with Crippen LogP contribution < -0.4 is 0 Å². The van der Waals surface area contributed by atoms with Crippen molar-refractivity contribution in [3.05, 3.63) is 29.8 Å². The van der Waals surface area contributed by atoms with E-state index in [0.29, 0.717) is 5.75 Å². The zero-order chi connectivity index (χ0) is 12.0. The van der Waals surface area contributed by atoms with Gasteiger partial charge in [0, 0.05) is 0 Å². The van der Waals surface area contributed by atoms with Crippen molar-refractivity contribution in [1.82, 2.24) is 0 Å². The predicted molar refractivity (Wildman–Crippen MR) is 69.8 cm³/mol. The van der Waals surface area contributed by atoms with Crippen LogP contribution in [0.4, 0.5) is 0 Å². The fraction of sp³-hybridized carbons (Fsp3) is 0.625. The number of rotatable bonds is 2. The minimum atomic E-state index is 0.378. The summed E-state index contributed by atoms with van der Waals surface area (Å²) < 4.78 is 0. The Morgan fingerprint density at radius 3 is 2.35 bits per heavy atom. The molecule has 17 heavy (non-hydrogen) atoms. The smallest absolute Gasteiger partial charge is 0.115 e. The van der Waals surface area contributed by atoms with E-state index in [1.54, 1.807) is 0 Å². The van der Waals surface area contributed by atoms with Gasteiger partial charge in [-0.05, 0) is 66.5 Å². The van der Waals surface area contributed by atoms with E-state index in [4.69, 9.17) is 0 Å². The summed E-state index contributed by atoms with van der Waals surface area (Å²) in [6, 6.07) is 7.79. The van der Waals surface area contributed by atoms with Crippen molar-refractivity contribution in [1.29, 1.82) is 0 Å². The Labute approximate surface area is 104 Å². The summed E-state index contributed by atoms with van der Waals surface area (Å²) in [5.74, 6) is 5.05. The summed E-state index contributed by atoms with van der Waals surface area (Å²) in [5, 5.41) is 9.30. The van der Waals surface area contributed by atoms with Gasteiger partial charge in [0.15, 0.2) is 0 Å². The minimum Gasteiger partial charge on any atom is -0.508 e. The van der Waals surface area contributed by atoms with Gasteiger partial charge in [0.25, 0.3) is 0 Å². The molecule has 1 aromatic rings. The molecule has 2 aliphatic rings. The van der Waals surface area contributed by atoms with E-state index in [0.717, 1.165) is 29.6 Å². The Balaban J connectivity index is 1.70. The van der Waals surface area contributed by atoms with E-state index in [1.165, 1.54) is 24.8 Å². The van der Waals surface area contributed by atoms with Crippen molar-refractivity contribution in [3.8, 4) is 5.75 Å². The van der Waals surface area contributed by atoms with Gasteiger partial charge in [-0.25, -0.2) is 0 Å². The lowest BCUT2D eigenvalue weighted by molar-refractivity contribution is 0.189. The molecule has 0 saturated heterocycles. The van der Waals surface area contributed by atoms with Crippen molar-refractivity contribution < 1.29 is 5.11 Å². The second kappa shape index (κ2) is 4.04. The molecule has 2 aliphatic carbocycles. The van der Waals surface area contributed by atoms with E-state index in [9.17, 15) is 5.11 Å². The van der Waals surface area contributed by atoms with Crippen molar-refractivity contribution in [2.75, 3.05) is 0 Å². The highest BCUT2D eigenvalue weighted by molar-refractivity contribution is 5.26. The summed E-state index contributed by atoms with van der Waals surface area (Å²) in [5.41, 5.74) is 1.39. The van der Waals surface area contributed by atoms with Gasteiger partial charge in [-0.3, -0.25) is 0 Å². The largest absolute Gasteiger partial charge is 0.508 e. The Morgan fingerprint density at radius 2 is 1.76 bits per heavy atom. The van der Waals surface area contributed by atoms with E-state index < -0.39 is 0 Å². The zero-order valence-electron chi connectivity index (χ0n) is 10.8. The topological polar surface area (TPSA) is 20.2 Å². The van der Waals surface area contributed by atoms with Crippen LogP contribution in [0.25, 0.3) is 0 Å². The molecular weight excluding hydrogens is 208 g/mol. The average Bonchev–Trinajstić information content (AvgIpc) is 2.84. The van der Waals surface area contributed by atoms with E-state index in [-0.39, 0.29) is 0 Å². The second-order valence-corrected chi connectivity index (χ2v) is 6.24. The zero-order valence-corrected chi connectivity index (χ0v) is 10.8. The average molecular weight is 230 g/mol. The number of phenols is 1. The highest BCUT2D eigenvalue weighted by Gasteiger charge is 2.48. The molecule has 0 heterocycles. The first-order valence-corrected chi connectivity index (χ1v) is 6.93. The molecule has 0 amide bonds. The summed E-state index contributed by atoms with van der Waals surface area (Å²) in [4.78, 5) is 0. The lowest BCUT2D eigenvalue weighted by atomic mass is 9.74. The van der Waals surface area contributed by atoms with E-state index in [2.05, 4.69) is 26.0 Å². The van der Waals surface area contributed by atoms with Crippen LogP contribution >= 0.6 is 0 Å². The highest BCUT2D eigenvalue weighted by atomic mass is 16.3. The highest BCUT2D eigenvalue weighted by Crippen LogP contribution is 2.55. The van der Waals surface area contributed by atoms with Crippen LogP contribution in [0.1, 0.15) is 32.3 Å². The second-order valence-electron chi connectivity index (χ2n) is 6.24. The molecule has 0 spiro atoms. The van der Waals surface area contributed by atoms with Gasteiger partial charge in [0.05, 0.1) is 0 Å². The molecule has 5 atom stereocenters. The first-order valence-electron chi connectivity index (χ1n) is 6.93. The fourth-order valence-corrected chi connectivity index (χ4v) is 4.26. The lowest BCUT2D eigenvalue weighted by Crippen LogP contribution is -2.25. The third-order valence-electron chi connectivity index (χ3n) is 5.47. The first-order chi connectivity index (χ1) is 8.15. The maximum atomic E-state index is 9.30. The van der Waals surface area contributed by atoms with Gasteiger partial charge in [-0.1, -0.05) is 26.0 Å². The third-order valence-corrected chi connectivity index (χ3v) is 5.47. The molecule has 0 aliphatic heterocycles. The van der Waals surface area contributed by atoms with Gasteiger partial charge in [0.1, 0.15) is 5.75 Å². The van der Waals surface area contributed by atoms with Gasteiger partial charge >= 0.3 is 0 Å². The van der Waals surface area contributed by atoms with Crippen LogP contribution in [0, 0.1) is 29.6 Å². The molecule has 0 radical (unpaired) electrons. The molecule has 3 rings (SSSR count). The molecule has 5 unspecified atom stereocenters. The van der Waals surface area contributed by atoms with Crippen LogP contribution in [0.5, 0.6) is 5.75 Å². The standard InChI is InChI=1S/C16H22O/c1-10-11(2)16-9-13(10)8-14(16)7-12-3-5-15(17)6-4-12/h3-6,10-11,13-14,16-17H,7-9H2,1-2H3. The van der Waals surface area contributed by atoms with Crippen LogP contribution in [-0.4, -0.2) is 5.11 Å². The molecule has 1 aromatic carbocycles. The summed E-state index contributed by atoms with van der Waals surface area (Å²) in [7, 11) is 0. The number of hydrogen-bond donors (Lipinski definition) is 1. The first kappa shape index (κ1) is 11.1. The van der Waals surface area contributed by atoms with Crippen molar-refractivity contribution >= 4 is 0 Å². The van der Waals surface area contributed by atoms with E-state index >= 15 is 0 Å². The Kier molecular flexibility index (Phi) is 2.65. The van der Waals surface area contributed by atoms with Gasteiger partial charge < -0.3 is 5.11 Å². The normalized spacial score (nSPS) is 39.8. The monoisotopic (exact) mass is 230 g/mol. The van der Waals surface area contributed by atoms with Crippen molar-refractivity contribution in [2.24, 2.45) is 29.6 Å². The number of benzene rings is 1. The molecule has 1 N–H and O–H groups in total. The number of phenolic OH excluding ortho intramolecular Hbond substituents is 1. The Hall–Kier alpha value is -0.980. The lowest BCUT2D eigenvalue weighted by Gasteiger charge is -2.31. The fourth-order valence-electron chi connectivity index (χ4n) is 4.26. The van der Waals surface area contributed by atoms with Gasteiger partial charge in [0.2, 0.25) is 0 Å². The molecule has 92 valence electrons. The van der Waals surface area contributed by atoms with Crippen LogP contribution in [0.2, 0.25) is 0 Å². The molecule has 1 nitrogen and oxygen atoms in total. The summed E-state index contributed by atoms with van der Waals surface area (Å²) in [6.45, 7) is 4.88. The number of hydrogen-bond acceptors (Lipinski definition) is 1. The van der Waals surface area contributed by atoms with Crippen LogP contribution in [-0.2, 0) is 6.42 Å². The number of fused-ring (bicyclic) bond motifs is 2. The molecule has 2 saturated carbocycles. The van der Waals surface area contributed by atoms with Gasteiger partial charge in [-0.15, -0.1) is 0 Å². The maximum absolute atomic E-state index is 9.30. The molecule has 0 aromatic heterocycles. The summed E-state index contributed by atoms with van der Waals surface area (Å²) in [6.07, 6.45) is 4.10. The van der Waals surface area contributed by atoms with Crippen LogP contribution in [0.3, 0.4) is 0 Å². The molecule has 2 fully saturated rings. The maximum Gasteiger partial charge on any atom is 0.115 e. The van der Waals surface area contributed by atoms with Crippen molar-refractivity contribution in [3.63, 3.8) is 0 Å². The van der Waals surface area contributed by atoms with E-state index in [1.807, 2.05) is 12.1 Å². The Bertz CT molecular complexity index is 392. The summed E-state index contributed by atoms with van der Waals surface area (Å²) >= 11 is 0. The third kappa shape index (κ3) is 1.86. The molecular formula is C16H22O. The SMILES string of the molecule is CC1C2CC(Cc3ccc(O)cc3)C(C2)C1C. The van der Waals surface area contributed by atoms with Crippen molar-refractivity contribution in [2.45, 2.75) is 33.1 Å². The van der Waals surface area contributed by atoms with Gasteiger partial charge in [-0.2, -0.15) is 0 Å². The molecule has 2 bridgehead atoms. The van der Waals surface area contributed by atoms with Crippen LogP contribution in [0.15, 0.2) is 24.3 Å². The number of aromatic hydroxyl groups is 1. The molecule has 1 heteroatoms. The predicted octanol–water partition coefficient (Wildman–Crippen LogP) is 3.86. The Morgan fingerprint density at radius 1 is 1.06 bits per heavy atom.